The Kier molecular flexibility index (Phi) is 9.85. The summed E-state index contributed by atoms with van der Waals surface area (Å²) in [4.78, 5) is 2.61. The van der Waals surface area contributed by atoms with Crippen molar-refractivity contribution < 1.29 is 0 Å². The lowest BCUT2D eigenvalue weighted by Gasteiger charge is -2.42. The largest absolute Gasteiger partial charge is 0.329 e. The van der Waals surface area contributed by atoms with Gasteiger partial charge in [0.25, 0.3) is 0 Å². The third-order valence-electron chi connectivity index (χ3n) is 4.28. The summed E-state index contributed by atoms with van der Waals surface area (Å²) in [6, 6.07) is 0. The average Bonchev–Trinajstić information content (AvgIpc) is 2.38. The Morgan fingerprint density at radius 1 is 0.882 bits per heavy atom. The standard InChI is InChI=1S/C15H34N2/c1-5-9-10-11-12-13-17(8-4)15(6-2,7-3)14-16/h5-14,16H2,1-4H3. The van der Waals surface area contributed by atoms with Crippen LogP contribution in [0.2, 0.25) is 0 Å². The highest BCUT2D eigenvalue weighted by atomic mass is 15.2. The second kappa shape index (κ2) is 9.90. The Morgan fingerprint density at radius 2 is 1.47 bits per heavy atom. The number of unbranched alkanes of at least 4 members (excludes halogenated alkanes) is 4. The maximum absolute atomic E-state index is 6.02. The summed E-state index contributed by atoms with van der Waals surface area (Å²) in [5.74, 6) is 0. The molecule has 0 spiro atoms. The van der Waals surface area contributed by atoms with Crippen molar-refractivity contribution in [2.75, 3.05) is 19.6 Å². The molecular formula is C15H34N2. The Labute approximate surface area is 109 Å². The van der Waals surface area contributed by atoms with Gasteiger partial charge >= 0.3 is 0 Å². The van der Waals surface area contributed by atoms with E-state index in [1.54, 1.807) is 0 Å². The van der Waals surface area contributed by atoms with Gasteiger partial charge in [0.1, 0.15) is 0 Å². The molecule has 0 amide bonds. The molecule has 0 radical (unpaired) electrons. The van der Waals surface area contributed by atoms with Crippen molar-refractivity contribution >= 4 is 0 Å². The first-order valence-electron chi connectivity index (χ1n) is 7.65. The van der Waals surface area contributed by atoms with Crippen molar-refractivity contribution in [3.8, 4) is 0 Å². The smallest absolute Gasteiger partial charge is 0.0326 e. The topological polar surface area (TPSA) is 29.3 Å². The molecule has 0 aromatic carbocycles. The van der Waals surface area contributed by atoms with Crippen LogP contribution in [0.3, 0.4) is 0 Å². The van der Waals surface area contributed by atoms with Crippen LogP contribution in [0.4, 0.5) is 0 Å². The van der Waals surface area contributed by atoms with E-state index in [2.05, 4.69) is 32.6 Å². The Balaban J connectivity index is 4.11. The van der Waals surface area contributed by atoms with E-state index in [1.165, 1.54) is 51.5 Å². The number of likely N-dealkylation sites (N-methyl/N-ethyl adjacent to an activating group) is 1. The second-order valence-electron chi connectivity index (χ2n) is 5.13. The van der Waals surface area contributed by atoms with Gasteiger partial charge in [-0.1, -0.05) is 53.4 Å². The molecule has 0 fully saturated rings. The van der Waals surface area contributed by atoms with Crippen molar-refractivity contribution in [3.05, 3.63) is 0 Å². The van der Waals surface area contributed by atoms with Crippen molar-refractivity contribution in [2.45, 2.75) is 78.2 Å². The van der Waals surface area contributed by atoms with Crippen LogP contribution >= 0.6 is 0 Å². The summed E-state index contributed by atoms with van der Waals surface area (Å²) in [7, 11) is 0. The molecule has 0 unspecified atom stereocenters. The highest BCUT2D eigenvalue weighted by molar-refractivity contribution is 4.88. The molecule has 2 heteroatoms. The lowest BCUT2D eigenvalue weighted by atomic mass is 9.90. The van der Waals surface area contributed by atoms with E-state index >= 15 is 0 Å². The van der Waals surface area contributed by atoms with Gasteiger partial charge in [-0.2, -0.15) is 0 Å². The van der Waals surface area contributed by atoms with Crippen molar-refractivity contribution in [3.63, 3.8) is 0 Å². The summed E-state index contributed by atoms with van der Waals surface area (Å²) in [5, 5.41) is 0. The van der Waals surface area contributed by atoms with Crippen LogP contribution in [-0.2, 0) is 0 Å². The zero-order valence-corrected chi connectivity index (χ0v) is 12.6. The SMILES string of the molecule is CCCCCCCN(CC)C(CC)(CC)CN. The molecule has 2 nitrogen and oxygen atoms in total. The minimum Gasteiger partial charge on any atom is -0.329 e. The molecule has 0 saturated heterocycles. The molecule has 0 bridgehead atoms. The van der Waals surface area contributed by atoms with Gasteiger partial charge in [0.05, 0.1) is 0 Å². The van der Waals surface area contributed by atoms with Crippen LogP contribution in [0.15, 0.2) is 0 Å². The zero-order valence-electron chi connectivity index (χ0n) is 12.6. The maximum Gasteiger partial charge on any atom is 0.0326 e. The number of nitrogens with two attached hydrogens (primary N) is 1. The molecule has 104 valence electrons. The fourth-order valence-corrected chi connectivity index (χ4v) is 2.75. The van der Waals surface area contributed by atoms with E-state index in [9.17, 15) is 0 Å². The van der Waals surface area contributed by atoms with E-state index in [4.69, 9.17) is 5.73 Å². The molecule has 0 aliphatic carbocycles. The predicted molar refractivity (Wildman–Crippen MR) is 78.4 cm³/mol. The monoisotopic (exact) mass is 242 g/mol. The first-order valence-corrected chi connectivity index (χ1v) is 7.65. The molecule has 0 heterocycles. The minimum absolute atomic E-state index is 0.250. The van der Waals surface area contributed by atoms with Gasteiger partial charge in [-0.05, 0) is 32.4 Å². The van der Waals surface area contributed by atoms with E-state index in [0.717, 1.165) is 13.1 Å². The quantitative estimate of drug-likeness (QED) is 0.558. The summed E-state index contributed by atoms with van der Waals surface area (Å²) in [6.45, 7) is 12.2. The van der Waals surface area contributed by atoms with Gasteiger partial charge in [-0.15, -0.1) is 0 Å². The molecule has 0 aliphatic heterocycles. The van der Waals surface area contributed by atoms with Gasteiger partial charge < -0.3 is 5.73 Å². The lowest BCUT2D eigenvalue weighted by Crippen LogP contribution is -2.53. The molecule has 17 heavy (non-hydrogen) atoms. The molecule has 0 saturated carbocycles. The molecule has 0 aromatic rings. The lowest BCUT2D eigenvalue weighted by molar-refractivity contribution is 0.0886. The van der Waals surface area contributed by atoms with Crippen LogP contribution in [0, 0.1) is 0 Å². The highest BCUT2D eigenvalue weighted by Gasteiger charge is 2.30. The van der Waals surface area contributed by atoms with Crippen molar-refractivity contribution in [1.82, 2.24) is 4.90 Å². The second-order valence-corrected chi connectivity index (χ2v) is 5.13. The summed E-state index contributed by atoms with van der Waals surface area (Å²) in [6.07, 6.45) is 9.14. The average molecular weight is 242 g/mol. The fraction of sp³-hybridized carbons (Fsp3) is 1.00. The van der Waals surface area contributed by atoms with Crippen LogP contribution in [0.1, 0.15) is 72.6 Å². The first-order chi connectivity index (χ1) is 8.20. The van der Waals surface area contributed by atoms with Gasteiger partial charge in [0.15, 0.2) is 0 Å². The molecule has 0 aliphatic rings. The van der Waals surface area contributed by atoms with E-state index in [1.807, 2.05) is 0 Å². The third-order valence-corrected chi connectivity index (χ3v) is 4.28. The van der Waals surface area contributed by atoms with E-state index in [0.29, 0.717) is 0 Å². The van der Waals surface area contributed by atoms with Crippen LogP contribution in [0.5, 0.6) is 0 Å². The Morgan fingerprint density at radius 3 is 1.88 bits per heavy atom. The Bertz CT molecular complexity index is 156. The van der Waals surface area contributed by atoms with E-state index in [-0.39, 0.29) is 5.54 Å². The van der Waals surface area contributed by atoms with Crippen LogP contribution in [-0.4, -0.2) is 30.1 Å². The molecular weight excluding hydrogens is 208 g/mol. The number of nitrogens with zero attached hydrogens (tertiary/aromatic N) is 1. The van der Waals surface area contributed by atoms with Crippen LogP contribution in [0.25, 0.3) is 0 Å². The van der Waals surface area contributed by atoms with Crippen molar-refractivity contribution in [2.24, 2.45) is 5.73 Å². The minimum atomic E-state index is 0.250. The Hall–Kier alpha value is -0.0800. The third kappa shape index (κ3) is 5.39. The summed E-state index contributed by atoms with van der Waals surface area (Å²) < 4.78 is 0. The number of rotatable bonds is 11. The fourth-order valence-electron chi connectivity index (χ4n) is 2.75. The summed E-state index contributed by atoms with van der Waals surface area (Å²) >= 11 is 0. The van der Waals surface area contributed by atoms with Gasteiger partial charge in [0, 0.05) is 12.1 Å². The van der Waals surface area contributed by atoms with Crippen molar-refractivity contribution in [1.29, 1.82) is 0 Å². The highest BCUT2D eigenvalue weighted by Crippen LogP contribution is 2.23. The van der Waals surface area contributed by atoms with Gasteiger partial charge in [0.2, 0.25) is 0 Å². The zero-order chi connectivity index (χ0) is 13.1. The molecule has 0 atom stereocenters. The normalized spacial score (nSPS) is 12.4. The maximum atomic E-state index is 6.02. The predicted octanol–water partition coefficient (Wildman–Crippen LogP) is 3.80. The summed E-state index contributed by atoms with van der Waals surface area (Å²) in [5.41, 5.74) is 6.27. The number of hydrogen-bond acceptors (Lipinski definition) is 2. The van der Waals surface area contributed by atoms with Crippen LogP contribution < -0.4 is 5.73 Å². The van der Waals surface area contributed by atoms with Gasteiger partial charge in [-0.3, -0.25) is 4.90 Å². The molecule has 2 N–H and O–H groups in total. The van der Waals surface area contributed by atoms with Gasteiger partial charge in [-0.25, -0.2) is 0 Å². The molecule has 0 rings (SSSR count). The molecule has 0 aromatic heterocycles. The number of hydrogen-bond donors (Lipinski definition) is 1. The van der Waals surface area contributed by atoms with E-state index < -0.39 is 0 Å². The first kappa shape index (κ1) is 16.9.